The van der Waals surface area contributed by atoms with Gasteiger partial charge in [0, 0.05) is 36.3 Å². The van der Waals surface area contributed by atoms with Crippen LogP contribution in [0, 0.1) is 5.82 Å². The van der Waals surface area contributed by atoms with Crippen molar-refractivity contribution in [1.29, 1.82) is 0 Å². The zero-order valence-corrected chi connectivity index (χ0v) is 17.4. The Morgan fingerprint density at radius 3 is 2.83 bits per heavy atom. The predicted molar refractivity (Wildman–Crippen MR) is 111 cm³/mol. The highest BCUT2D eigenvalue weighted by Gasteiger charge is 2.37. The highest BCUT2D eigenvalue weighted by molar-refractivity contribution is 6.30. The molecule has 0 spiro atoms. The van der Waals surface area contributed by atoms with E-state index in [1.54, 1.807) is 10.6 Å². The van der Waals surface area contributed by atoms with Crippen molar-refractivity contribution < 1.29 is 19.1 Å². The van der Waals surface area contributed by atoms with Crippen molar-refractivity contribution >= 4 is 23.8 Å². The molecule has 1 amide bonds. The molecule has 9 heteroatoms. The molecular weight excluding hydrogens is 413 g/mol. The number of benzene rings is 1. The molecule has 2 atom stereocenters. The molecule has 3 rings (SSSR count). The van der Waals surface area contributed by atoms with E-state index in [4.69, 9.17) is 11.6 Å². The van der Waals surface area contributed by atoms with Crippen molar-refractivity contribution in [2.75, 3.05) is 13.1 Å². The number of amides is 1. The van der Waals surface area contributed by atoms with E-state index in [1.165, 1.54) is 12.1 Å². The van der Waals surface area contributed by atoms with Crippen LogP contribution in [-0.2, 0) is 6.54 Å². The Morgan fingerprint density at radius 1 is 1.43 bits per heavy atom. The minimum atomic E-state index is -0.914. The zero-order chi connectivity index (χ0) is 22.0. The molecule has 1 aromatic carbocycles. The highest BCUT2D eigenvalue weighted by Crippen LogP contribution is 2.39. The maximum atomic E-state index is 14.1. The Balaban J connectivity index is 2.04. The minimum Gasteiger partial charge on any atom is -0.503 e. The van der Waals surface area contributed by atoms with Crippen molar-refractivity contribution in [3.8, 4) is 5.75 Å². The first kappa shape index (κ1) is 22.0. The monoisotopic (exact) mass is 435 g/mol. The van der Waals surface area contributed by atoms with E-state index in [-0.39, 0.29) is 40.3 Å². The van der Waals surface area contributed by atoms with Gasteiger partial charge in [-0.3, -0.25) is 14.4 Å². The van der Waals surface area contributed by atoms with Crippen molar-refractivity contribution in [3.05, 3.63) is 61.8 Å². The smallest absolute Gasteiger partial charge is 0.257 e. The lowest BCUT2D eigenvalue weighted by atomic mass is 9.97. The summed E-state index contributed by atoms with van der Waals surface area (Å²) in [5.41, 5.74) is -0.717. The van der Waals surface area contributed by atoms with Gasteiger partial charge in [0.25, 0.3) is 5.91 Å². The van der Waals surface area contributed by atoms with Crippen molar-refractivity contribution in [3.63, 3.8) is 0 Å². The fourth-order valence-corrected chi connectivity index (χ4v) is 4.19. The van der Waals surface area contributed by atoms with Gasteiger partial charge in [0.1, 0.15) is 17.1 Å². The fourth-order valence-electron chi connectivity index (χ4n) is 4.00. The molecule has 0 radical (unpaired) electrons. The maximum absolute atomic E-state index is 14.1. The van der Waals surface area contributed by atoms with Gasteiger partial charge in [-0.25, -0.2) is 4.39 Å². The molecule has 0 saturated carbocycles. The van der Waals surface area contributed by atoms with E-state index in [0.29, 0.717) is 31.5 Å². The second kappa shape index (κ2) is 8.97. The number of likely N-dealkylation sites (N-methyl/N-ethyl adjacent to an activating group) is 1. The van der Waals surface area contributed by atoms with Gasteiger partial charge in [0.2, 0.25) is 5.43 Å². The quantitative estimate of drug-likeness (QED) is 0.580. The van der Waals surface area contributed by atoms with Gasteiger partial charge in [-0.2, -0.15) is 0 Å². The first-order chi connectivity index (χ1) is 14.3. The summed E-state index contributed by atoms with van der Waals surface area (Å²) in [6.07, 6.45) is 1.02. The summed E-state index contributed by atoms with van der Waals surface area (Å²) in [6.45, 7) is 4.81. The van der Waals surface area contributed by atoms with Gasteiger partial charge in [-0.15, -0.1) is 0 Å². The Bertz CT molecular complexity index is 1050. The number of pyridine rings is 1. The highest BCUT2D eigenvalue weighted by atomic mass is 35.5. The van der Waals surface area contributed by atoms with Gasteiger partial charge in [0.15, 0.2) is 12.0 Å². The van der Waals surface area contributed by atoms with E-state index in [9.17, 15) is 23.9 Å². The molecule has 160 valence electrons. The van der Waals surface area contributed by atoms with Crippen LogP contribution in [0.15, 0.2) is 23.0 Å². The summed E-state index contributed by atoms with van der Waals surface area (Å²) >= 11 is 5.77. The van der Waals surface area contributed by atoms with Crippen molar-refractivity contribution in [2.45, 2.75) is 38.8 Å². The number of carbonyl (C=O) groups excluding carboxylic acids is 2. The summed E-state index contributed by atoms with van der Waals surface area (Å²) < 4.78 is 15.7. The van der Waals surface area contributed by atoms with Crippen LogP contribution in [-0.4, -0.2) is 35.0 Å². The molecule has 2 aromatic rings. The molecule has 0 fully saturated rings. The zero-order valence-electron chi connectivity index (χ0n) is 16.7. The van der Waals surface area contributed by atoms with Crippen LogP contribution >= 0.6 is 11.6 Å². The minimum absolute atomic E-state index is 0.0739. The molecular formula is C21H23ClFN3O4. The number of aromatic hydroxyl groups is 1. The Hall–Kier alpha value is -2.71. The normalized spacial score (nSPS) is 17.6. The van der Waals surface area contributed by atoms with Crippen molar-refractivity contribution in [2.24, 2.45) is 0 Å². The number of nitrogens with zero attached hydrogens (tertiary/aromatic N) is 1. The number of hydrogen-bond acceptors (Lipinski definition) is 5. The van der Waals surface area contributed by atoms with Crippen molar-refractivity contribution in [1.82, 2.24) is 15.2 Å². The van der Waals surface area contributed by atoms with Gasteiger partial charge < -0.3 is 20.3 Å². The molecule has 2 heterocycles. The third-order valence-corrected chi connectivity index (χ3v) is 5.66. The topological polar surface area (TPSA) is 100 Å². The number of nitrogens with one attached hydrogen (secondary N) is 2. The van der Waals surface area contributed by atoms with Gasteiger partial charge in [-0.1, -0.05) is 30.7 Å². The van der Waals surface area contributed by atoms with E-state index < -0.39 is 22.9 Å². The number of carbonyl (C=O) groups is 2. The van der Waals surface area contributed by atoms with Crippen LogP contribution in [0.25, 0.3) is 0 Å². The predicted octanol–water partition coefficient (Wildman–Crippen LogP) is 2.75. The summed E-state index contributed by atoms with van der Waals surface area (Å²) in [5, 5.41) is 16.0. The van der Waals surface area contributed by atoms with Crippen LogP contribution in [0.5, 0.6) is 5.75 Å². The molecule has 0 bridgehead atoms. The summed E-state index contributed by atoms with van der Waals surface area (Å²) in [7, 11) is 0. The molecule has 7 nitrogen and oxygen atoms in total. The SMILES string of the molecule is CCNC[C@H]1C[C@H](C)n2c(C=O)c(O)c(=O)c(C(=O)NCc3cccc(Cl)c3F)c21. The van der Waals surface area contributed by atoms with Crippen LogP contribution in [0.3, 0.4) is 0 Å². The number of aldehydes is 1. The lowest BCUT2D eigenvalue weighted by molar-refractivity contribution is 0.0945. The Labute approximate surface area is 177 Å². The molecule has 3 N–H and O–H groups in total. The van der Waals surface area contributed by atoms with Crippen LogP contribution in [0.4, 0.5) is 4.39 Å². The molecule has 30 heavy (non-hydrogen) atoms. The molecule has 1 aliphatic heterocycles. The van der Waals surface area contributed by atoms with Crippen LogP contribution < -0.4 is 16.1 Å². The fraction of sp³-hybridized carbons (Fsp3) is 0.381. The molecule has 1 aliphatic rings. The summed E-state index contributed by atoms with van der Waals surface area (Å²) in [5.74, 6) is -2.36. The average Bonchev–Trinajstić information content (AvgIpc) is 3.04. The maximum Gasteiger partial charge on any atom is 0.257 e. The Morgan fingerprint density at radius 2 is 2.17 bits per heavy atom. The first-order valence-corrected chi connectivity index (χ1v) is 10.1. The number of hydrogen-bond donors (Lipinski definition) is 3. The second-order valence-electron chi connectivity index (χ2n) is 7.30. The summed E-state index contributed by atoms with van der Waals surface area (Å²) in [6, 6.07) is 4.23. The lowest BCUT2D eigenvalue weighted by Crippen LogP contribution is -2.33. The third kappa shape index (κ3) is 3.85. The lowest BCUT2D eigenvalue weighted by Gasteiger charge is -2.19. The van der Waals surface area contributed by atoms with E-state index >= 15 is 0 Å². The molecule has 0 unspecified atom stereocenters. The number of fused-ring (bicyclic) bond motifs is 1. The van der Waals surface area contributed by atoms with E-state index in [2.05, 4.69) is 10.6 Å². The number of rotatable bonds is 7. The standard InChI is InChI=1S/C21H23ClFN3O4/c1-3-24-8-13-7-11(2)26-15(10-27)19(28)20(29)16(18(13)26)21(30)25-9-12-5-4-6-14(22)17(12)23/h4-6,10-11,13,24,28H,3,7-9H2,1-2H3,(H,25,30)/t11-,13+/m0/s1. The third-order valence-electron chi connectivity index (χ3n) is 5.36. The van der Waals surface area contributed by atoms with E-state index in [1.807, 2.05) is 13.8 Å². The van der Waals surface area contributed by atoms with Gasteiger partial charge >= 0.3 is 0 Å². The molecule has 1 aromatic heterocycles. The summed E-state index contributed by atoms with van der Waals surface area (Å²) in [4.78, 5) is 37.4. The molecule has 0 aliphatic carbocycles. The number of aromatic nitrogens is 1. The van der Waals surface area contributed by atoms with E-state index in [0.717, 1.165) is 0 Å². The second-order valence-corrected chi connectivity index (χ2v) is 7.70. The Kier molecular flexibility index (Phi) is 6.58. The van der Waals surface area contributed by atoms with Gasteiger partial charge in [-0.05, 0) is 26.0 Å². The average molecular weight is 436 g/mol. The number of halogens is 2. The van der Waals surface area contributed by atoms with Gasteiger partial charge in [0.05, 0.1) is 5.02 Å². The van der Waals surface area contributed by atoms with Crippen LogP contribution in [0.2, 0.25) is 5.02 Å². The van der Waals surface area contributed by atoms with Crippen LogP contribution in [0.1, 0.15) is 64.3 Å². The molecule has 0 saturated heterocycles. The first-order valence-electron chi connectivity index (χ1n) is 9.70. The largest absolute Gasteiger partial charge is 0.503 e.